The zero-order valence-electron chi connectivity index (χ0n) is 16.1. The van der Waals surface area contributed by atoms with Gasteiger partial charge in [-0.25, -0.2) is 0 Å². The summed E-state index contributed by atoms with van der Waals surface area (Å²) in [6, 6.07) is 24.9. The molecule has 0 bridgehead atoms. The molecule has 27 heavy (non-hydrogen) atoms. The van der Waals surface area contributed by atoms with Gasteiger partial charge in [0.25, 0.3) is 0 Å². The Hall–Kier alpha value is -2.94. The first-order chi connectivity index (χ1) is 13.3. The highest BCUT2D eigenvalue weighted by Gasteiger charge is 2.06. The van der Waals surface area contributed by atoms with Gasteiger partial charge in [0, 0.05) is 6.54 Å². The van der Waals surface area contributed by atoms with Crippen LogP contribution in [0.25, 0.3) is 11.1 Å². The Morgan fingerprint density at radius 1 is 0.852 bits per heavy atom. The second kappa shape index (κ2) is 9.67. The van der Waals surface area contributed by atoms with Crippen molar-refractivity contribution in [2.24, 2.45) is 0 Å². The van der Waals surface area contributed by atoms with E-state index in [1.807, 2.05) is 24.3 Å². The van der Waals surface area contributed by atoms with E-state index in [1.165, 1.54) is 16.7 Å². The molecule has 0 unspecified atom stereocenters. The quantitative estimate of drug-likeness (QED) is 0.463. The molecule has 3 aromatic rings. The number of hydrogen-bond donors (Lipinski definition) is 1. The van der Waals surface area contributed by atoms with Crippen LogP contribution >= 0.6 is 0 Å². The van der Waals surface area contributed by atoms with Crippen molar-refractivity contribution >= 4 is 5.69 Å². The predicted molar refractivity (Wildman–Crippen MR) is 113 cm³/mol. The van der Waals surface area contributed by atoms with Crippen molar-refractivity contribution in [3.05, 3.63) is 78.4 Å². The predicted octanol–water partition coefficient (Wildman–Crippen LogP) is 6.15. The molecule has 0 aromatic heterocycles. The fraction of sp³-hybridized carbons (Fsp3) is 0.250. The molecular weight excluding hydrogens is 334 g/mol. The fourth-order valence-corrected chi connectivity index (χ4v) is 2.89. The molecule has 1 N–H and O–H groups in total. The van der Waals surface area contributed by atoms with Crippen molar-refractivity contribution < 1.29 is 9.47 Å². The van der Waals surface area contributed by atoms with Crippen molar-refractivity contribution in [2.45, 2.75) is 26.3 Å². The zero-order valence-corrected chi connectivity index (χ0v) is 16.1. The summed E-state index contributed by atoms with van der Waals surface area (Å²) in [5.41, 5.74) is 4.54. The Balaban J connectivity index is 1.68. The van der Waals surface area contributed by atoms with E-state index in [0.717, 1.165) is 43.2 Å². The van der Waals surface area contributed by atoms with Crippen LogP contribution in [-0.2, 0) is 6.54 Å². The van der Waals surface area contributed by atoms with Gasteiger partial charge in [-0.15, -0.1) is 0 Å². The van der Waals surface area contributed by atoms with Crippen LogP contribution < -0.4 is 14.8 Å². The van der Waals surface area contributed by atoms with E-state index in [-0.39, 0.29) is 0 Å². The van der Waals surface area contributed by atoms with Gasteiger partial charge in [-0.2, -0.15) is 0 Å². The molecule has 0 aliphatic carbocycles. The number of unbranched alkanes of at least 4 members (excludes halogenated alkanes) is 1. The molecule has 0 atom stereocenters. The average molecular weight is 361 g/mol. The van der Waals surface area contributed by atoms with Crippen LogP contribution in [0.15, 0.2) is 72.8 Å². The van der Waals surface area contributed by atoms with Gasteiger partial charge in [0.15, 0.2) is 0 Å². The second-order valence-electron chi connectivity index (χ2n) is 6.48. The highest BCUT2D eigenvalue weighted by Crippen LogP contribution is 2.31. The Labute approximate surface area is 162 Å². The zero-order chi connectivity index (χ0) is 18.9. The Morgan fingerprint density at radius 2 is 1.63 bits per heavy atom. The van der Waals surface area contributed by atoms with Gasteiger partial charge in [0.05, 0.1) is 19.4 Å². The summed E-state index contributed by atoms with van der Waals surface area (Å²) in [6.07, 6.45) is 2.23. The summed E-state index contributed by atoms with van der Waals surface area (Å²) in [7, 11) is 1.70. The lowest BCUT2D eigenvalue weighted by molar-refractivity contribution is 0.309. The summed E-state index contributed by atoms with van der Waals surface area (Å²) in [5, 5.41) is 3.50. The average Bonchev–Trinajstić information content (AvgIpc) is 2.74. The summed E-state index contributed by atoms with van der Waals surface area (Å²) in [4.78, 5) is 0. The molecule has 0 fully saturated rings. The first kappa shape index (κ1) is 18.8. The van der Waals surface area contributed by atoms with Crippen molar-refractivity contribution in [2.75, 3.05) is 19.0 Å². The maximum atomic E-state index is 5.73. The third-order valence-corrected chi connectivity index (χ3v) is 4.48. The fourth-order valence-electron chi connectivity index (χ4n) is 2.89. The van der Waals surface area contributed by atoms with Crippen LogP contribution in [0.3, 0.4) is 0 Å². The van der Waals surface area contributed by atoms with Gasteiger partial charge in [-0.3, -0.25) is 0 Å². The minimum Gasteiger partial charge on any atom is -0.495 e. The number of nitrogens with one attached hydrogen (secondary N) is 1. The van der Waals surface area contributed by atoms with Crippen molar-refractivity contribution in [1.82, 2.24) is 0 Å². The van der Waals surface area contributed by atoms with Gasteiger partial charge in [0.2, 0.25) is 0 Å². The Morgan fingerprint density at radius 3 is 2.33 bits per heavy atom. The standard InChI is InChI=1S/C24H27NO2/c1-3-4-16-27-22-13-10-19(11-14-22)18-25-23-17-21(12-15-24(23)26-2)20-8-6-5-7-9-20/h5-15,17,25H,3-4,16,18H2,1-2H3. The van der Waals surface area contributed by atoms with E-state index in [9.17, 15) is 0 Å². The van der Waals surface area contributed by atoms with Gasteiger partial charge < -0.3 is 14.8 Å². The van der Waals surface area contributed by atoms with Crippen LogP contribution in [-0.4, -0.2) is 13.7 Å². The number of hydrogen-bond acceptors (Lipinski definition) is 3. The first-order valence-electron chi connectivity index (χ1n) is 9.49. The minimum absolute atomic E-state index is 0.726. The maximum Gasteiger partial charge on any atom is 0.141 e. The smallest absolute Gasteiger partial charge is 0.141 e. The lowest BCUT2D eigenvalue weighted by Crippen LogP contribution is -2.02. The SMILES string of the molecule is CCCCOc1ccc(CNc2cc(-c3ccccc3)ccc2OC)cc1. The number of ether oxygens (including phenoxy) is 2. The number of anilines is 1. The maximum absolute atomic E-state index is 5.73. The van der Waals surface area contributed by atoms with Crippen LogP contribution in [0.2, 0.25) is 0 Å². The third-order valence-electron chi connectivity index (χ3n) is 4.48. The third kappa shape index (κ3) is 5.27. The topological polar surface area (TPSA) is 30.5 Å². The minimum atomic E-state index is 0.726. The highest BCUT2D eigenvalue weighted by molar-refractivity contribution is 5.72. The van der Waals surface area contributed by atoms with E-state index >= 15 is 0 Å². The van der Waals surface area contributed by atoms with Gasteiger partial charge in [0.1, 0.15) is 11.5 Å². The van der Waals surface area contributed by atoms with Crippen LogP contribution in [0.1, 0.15) is 25.3 Å². The summed E-state index contributed by atoms with van der Waals surface area (Å²) in [6.45, 7) is 3.67. The van der Waals surface area contributed by atoms with Gasteiger partial charge >= 0.3 is 0 Å². The molecule has 0 radical (unpaired) electrons. The number of rotatable bonds is 9. The van der Waals surface area contributed by atoms with Crippen molar-refractivity contribution in [3.63, 3.8) is 0 Å². The molecule has 0 saturated heterocycles. The molecule has 0 aliphatic heterocycles. The molecule has 3 nitrogen and oxygen atoms in total. The van der Waals surface area contributed by atoms with E-state index in [1.54, 1.807) is 7.11 Å². The molecule has 0 heterocycles. The molecule has 140 valence electrons. The molecule has 0 aliphatic rings. The largest absolute Gasteiger partial charge is 0.495 e. The van der Waals surface area contributed by atoms with Crippen molar-refractivity contribution in [3.8, 4) is 22.6 Å². The summed E-state index contributed by atoms with van der Waals surface area (Å²) in [5.74, 6) is 1.77. The molecule has 0 saturated carbocycles. The highest BCUT2D eigenvalue weighted by atomic mass is 16.5. The normalized spacial score (nSPS) is 10.4. The molecule has 3 heteroatoms. The van der Waals surface area contributed by atoms with E-state index < -0.39 is 0 Å². The molecular formula is C24H27NO2. The Kier molecular flexibility index (Phi) is 6.75. The van der Waals surface area contributed by atoms with E-state index in [0.29, 0.717) is 0 Å². The van der Waals surface area contributed by atoms with Crippen LogP contribution in [0, 0.1) is 0 Å². The van der Waals surface area contributed by atoms with Crippen molar-refractivity contribution in [1.29, 1.82) is 0 Å². The van der Waals surface area contributed by atoms with E-state index in [2.05, 4.69) is 60.8 Å². The Bertz CT molecular complexity index is 829. The summed E-state index contributed by atoms with van der Waals surface area (Å²) >= 11 is 0. The lowest BCUT2D eigenvalue weighted by atomic mass is 10.0. The van der Waals surface area contributed by atoms with Crippen LogP contribution in [0.5, 0.6) is 11.5 Å². The molecule has 0 spiro atoms. The lowest BCUT2D eigenvalue weighted by Gasteiger charge is -2.14. The monoisotopic (exact) mass is 361 g/mol. The molecule has 3 aromatic carbocycles. The molecule has 0 amide bonds. The van der Waals surface area contributed by atoms with Gasteiger partial charge in [-0.1, -0.05) is 61.9 Å². The second-order valence-corrected chi connectivity index (χ2v) is 6.48. The van der Waals surface area contributed by atoms with Gasteiger partial charge in [-0.05, 0) is 47.4 Å². The summed E-state index contributed by atoms with van der Waals surface area (Å²) < 4.78 is 11.2. The first-order valence-corrected chi connectivity index (χ1v) is 9.49. The van der Waals surface area contributed by atoms with Crippen LogP contribution in [0.4, 0.5) is 5.69 Å². The number of methoxy groups -OCH3 is 1. The van der Waals surface area contributed by atoms with E-state index in [4.69, 9.17) is 9.47 Å². The number of benzene rings is 3. The molecule has 3 rings (SSSR count).